The molecule has 0 spiro atoms. The van der Waals surface area contributed by atoms with Gasteiger partial charge in [-0.15, -0.1) is 0 Å². The van der Waals surface area contributed by atoms with Crippen LogP contribution in [0.15, 0.2) is 51.9 Å². The number of aromatic nitrogens is 1. The van der Waals surface area contributed by atoms with Gasteiger partial charge < -0.3 is 4.57 Å². The lowest BCUT2D eigenvalue weighted by molar-refractivity contribution is -0.117. The summed E-state index contributed by atoms with van der Waals surface area (Å²) < 4.78 is 4.09. The molecule has 0 saturated carbocycles. The van der Waals surface area contributed by atoms with Gasteiger partial charge in [-0.2, -0.15) is 4.99 Å². The second-order valence-electron chi connectivity index (χ2n) is 5.22. The largest absolute Gasteiger partial charge is 0.319 e. The van der Waals surface area contributed by atoms with Crippen LogP contribution in [0.1, 0.15) is 11.1 Å². The molecule has 5 heteroatoms. The van der Waals surface area contributed by atoms with Crippen molar-refractivity contribution in [3.63, 3.8) is 0 Å². The van der Waals surface area contributed by atoms with Crippen LogP contribution < -0.4 is 4.80 Å². The maximum Gasteiger partial charge on any atom is 0.252 e. The zero-order valence-corrected chi connectivity index (χ0v) is 14.7. The molecule has 0 bridgehead atoms. The Kier molecular flexibility index (Phi) is 4.27. The Bertz CT molecular complexity index is 907. The van der Waals surface area contributed by atoms with Gasteiger partial charge in [0.2, 0.25) is 0 Å². The Labute approximate surface area is 141 Å². The average Bonchev–Trinajstić information content (AvgIpc) is 2.77. The van der Waals surface area contributed by atoms with Crippen molar-refractivity contribution in [2.75, 3.05) is 0 Å². The highest BCUT2D eigenvalue weighted by Gasteiger charge is 2.06. The number of hydrogen-bond donors (Lipinski definition) is 0. The third-order valence-corrected chi connectivity index (χ3v) is 5.06. The highest BCUT2D eigenvalue weighted by atomic mass is 79.9. The smallest absolute Gasteiger partial charge is 0.252 e. The molecule has 0 saturated heterocycles. The van der Waals surface area contributed by atoms with Crippen LogP contribution in [0.5, 0.6) is 0 Å². The molecule has 0 atom stereocenters. The summed E-state index contributed by atoms with van der Waals surface area (Å²) >= 11 is 4.99. The first-order chi connectivity index (χ1) is 10.5. The van der Waals surface area contributed by atoms with Gasteiger partial charge in [-0.3, -0.25) is 4.79 Å². The minimum absolute atomic E-state index is 0.120. The van der Waals surface area contributed by atoms with Gasteiger partial charge in [0.25, 0.3) is 5.91 Å². The highest BCUT2D eigenvalue weighted by molar-refractivity contribution is 9.10. The van der Waals surface area contributed by atoms with Crippen LogP contribution in [-0.4, -0.2) is 10.5 Å². The highest BCUT2D eigenvalue weighted by Crippen LogP contribution is 2.21. The van der Waals surface area contributed by atoms with Crippen molar-refractivity contribution in [3.05, 3.63) is 62.9 Å². The lowest BCUT2D eigenvalue weighted by Gasteiger charge is -1.98. The molecule has 0 radical (unpaired) electrons. The molecule has 1 heterocycles. The topological polar surface area (TPSA) is 34.4 Å². The third-order valence-electron chi connectivity index (χ3n) is 3.47. The Morgan fingerprint density at radius 2 is 1.95 bits per heavy atom. The fourth-order valence-electron chi connectivity index (χ4n) is 2.24. The fourth-order valence-corrected chi connectivity index (χ4v) is 3.83. The molecule has 0 aliphatic carbocycles. The molecule has 3 aromatic rings. The number of rotatable bonds is 2. The summed E-state index contributed by atoms with van der Waals surface area (Å²) in [5.41, 5.74) is 3.26. The van der Waals surface area contributed by atoms with E-state index in [2.05, 4.69) is 20.9 Å². The van der Waals surface area contributed by atoms with Crippen LogP contribution in [0.3, 0.4) is 0 Å². The third kappa shape index (κ3) is 3.20. The zero-order valence-electron chi connectivity index (χ0n) is 12.3. The molecule has 22 heavy (non-hydrogen) atoms. The maximum atomic E-state index is 12.2. The van der Waals surface area contributed by atoms with Crippen LogP contribution in [0.2, 0.25) is 0 Å². The van der Waals surface area contributed by atoms with Crippen molar-refractivity contribution in [1.82, 2.24) is 4.57 Å². The quantitative estimate of drug-likeness (QED) is 0.667. The number of benzene rings is 2. The van der Waals surface area contributed by atoms with Crippen molar-refractivity contribution in [2.45, 2.75) is 13.3 Å². The number of amides is 1. The first kappa shape index (κ1) is 15.2. The van der Waals surface area contributed by atoms with E-state index in [1.54, 1.807) is 0 Å². The number of halogens is 1. The Morgan fingerprint density at radius 1 is 1.23 bits per heavy atom. The normalized spacial score (nSPS) is 12.0. The minimum atomic E-state index is -0.120. The number of carbonyl (C=O) groups is 1. The van der Waals surface area contributed by atoms with E-state index in [0.29, 0.717) is 6.42 Å². The molecule has 3 rings (SSSR count). The molecule has 0 aliphatic rings. The predicted molar refractivity (Wildman–Crippen MR) is 93.9 cm³/mol. The zero-order chi connectivity index (χ0) is 15.7. The van der Waals surface area contributed by atoms with Gasteiger partial charge in [0.05, 0.1) is 16.6 Å². The summed E-state index contributed by atoms with van der Waals surface area (Å²) in [5, 5.41) is 0. The minimum Gasteiger partial charge on any atom is -0.319 e. The number of nitrogens with zero attached hydrogens (tertiary/aromatic N) is 2. The number of aryl methyl sites for hydroxylation is 2. The van der Waals surface area contributed by atoms with E-state index >= 15 is 0 Å². The van der Waals surface area contributed by atoms with E-state index in [9.17, 15) is 4.79 Å². The van der Waals surface area contributed by atoms with Gasteiger partial charge in [-0.1, -0.05) is 57.1 Å². The monoisotopic (exact) mass is 374 g/mol. The van der Waals surface area contributed by atoms with Gasteiger partial charge in [0.1, 0.15) is 0 Å². The van der Waals surface area contributed by atoms with Crippen molar-refractivity contribution in [1.29, 1.82) is 0 Å². The molecule has 0 aliphatic heterocycles. The molecular formula is C17H15BrN2OS. The summed E-state index contributed by atoms with van der Waals surface area (Å²) in [7, 11) is 1.94. The van der Waals surface area contributed by atoms with E-state index in [-0.39, 0.29) is 5.91 Å². The molecule has 0 fully saturated rings. The van der Waals surface area contributed by atoms with Crippen molar-refractivity contribution in [3.8, 4) is 0 Å². The van der Waals surface area contributed by atoms with Crippen LogP contribution in [0.25, 0.3) is 10.2 Å². The molecule has 112 valence electrons. The number of thiazole rings is 1. The summed E-state index contributed by atoms with van der Waals surface area (Å²) in [4.78, 5) is 17.2. The molecule has 0 N–H and O–H groups in total. The SMILES string of the molecule is Cc1ccc(CC(=O)N=c2sc3cc(Br)ccc3n2C)cc1. The van der Waals surface area contributed by atoms with Crippen LogP contribution in [0, 0.1) is 6.92 Å². The molecule has 3 nitrogen and oxygen atoms in total. The Hall–Kier alpha value is -1.72. The average molecular weight is 375 g/mol. The van der Waals surface area contributed by atoms with Crippen LogP contribution >= 0.6 is 27.3 Å². The van der Waals surface area contributed by atoms with Crippen molar-refractivity contribution in [2.24, 2.45) is 12.0 Å². The van der Waals surface area contributed by atoms with Crippen molar-refractivity contribution >= 4 is 43.4 Å². The molecule has 0 unspecified atom stereocenters. The van der Waals surface area contributed by atoms with E-state index in [4.69, 9.17) is 0 Å². The first-order valence-electron chi connectivity index (χ1n) is 6.91. The van der Waals surface area contributed by atoms with Gasteiger partial charge >= 0.3 is 0 Å². The van der Waals surface area contributed by atoms with Crippen LogP contribution in [-0.2, 0) is 18.3 Å². The fraction of sp³-hybridized carbons (Fsp3) is 0.176. The maximum absolute atomic E-state index is 12.2. The standard InChI is InChI=1S/C17H15BrN2OS/c1-11-3-5-12(6-4-11)9-16(21)19-17-20(2)14-8-7-13(18)10-15(14)22-17/h3-8,10H,9H2,1-2H3. The Morgan fingerprint density at radius 3 is 2.68 bits per heavy atom. The van der Waals surface area contributed by atoms with Gasteiger partial charge in [-0.25, -0.2) is 0 Å². The van der Waals surface area contributed by atoms with Gasteiger partial charge in [0.15, 0.2) is 4.80 Å². The summed E-state index contributed by atoms with van der Waals surface area (Å²) in [6.45, 7) is 2.03. The van der Waals surface area contributed by atoms with Gasteiger partial charge in [-0.05, 0) is 30.7 Å². The first-order valence-corrected chi connectivity index (χ1v) is 8.52. The second-order valence-corrected chi connectivity index (χ2v) is 7.15. The molecule has 2 aromatic carbocycles. The van der Waals surface area contributed by atoms with Gasteiger partial charge in [0, 0.05) is 11.5 Å². The summed E-state index contributed by atoms with van der Waals surface area (Å²) in [6.07, 6.45) is 0.332. The lowest BCUT2D eigenvalue weighted by atomic mass is 10.1. The molecular weight excluding hydrogens is 360 g/mol. The number of fused-ring (bicyclic) bond motifs is 1. The molecule has 1 amide bonds. The molecule has 1 aromatic heterocycles. The lowest BCUT2D eigenvalue weighted by Crippen LogP contribution is -2.14. The summed E-state index contributed by atoms with van der Waals surface area (Å²) in [5.74, 6) is -0.120. The van der Waals surface area contributed by atoms with Crippen molar-refractivity contribution < 1.29 is 4.79 Å². The number of carbonyl (C=O) groups excluding carboxylic acids is 1. The van der Waals surface area contributed by atoms with E-state index in [1.807, 2.05) is 61.0 Å². The van der Waals surface area contributed by atoms with Crippen LogP contribution in [0.4, 0.5) is 0 Å². The summed E-state index contributed by atoms with van der Waals surface area (Å²) in [6, 6.07) is 14.0. The van der Waals surface area contributed by atoms with E-state index in [1.165, 1.54) is 16.9 Å². The predicted octanol–water partition coefficient (Wildman–Crippen LogP) is 3.98. The van der Waals surface area contributed by atoms with E-state index < -0.39 is 0 Å². The Balaban J connectivity index is 1.92. The number of hydrogen-bond acceptors (Lipinski definition) is 2. The van der Waals surface area contributed by atoms with E-state index in [0.717, 1.165) is 25.1 Å². The second kappa shape index (κ2) is 6.18.